The lowest BCUT2D eigenvalue weighted by atomic mass is 10.0. The van der Waals surface area contributed by atoms with Gasteiger partial charge in [0.15, 0.2) is 0 Å². The second-order valence-corrected chi connectivity index (χ2v) is 4.85. The summed E-state index contributed by atoms with van der Waals surface area (Å²) in [4.78, 5) is 11.6. The van der Waals surface area contributed by atoms with E-state index in [2.05, 4.69) is 19.2 Å². The molecule has 1 atom stereocenters. The van der Waals surface area contributed by atoms with Gasteiger partial charge >= 0.3 is 0 Å². The summed E-state index contributed by atoms with van der Waals surface area (Å²) in [6.07, 6.45) is 5.11. The van der Waals surface area contributed by atoms with Gasteiger partial charge in [-0.1, -0.05) is 20.3 Å². The van der Waals surface area contributed by atoms with Gasteiger partial charge in [0, 0.05) is 6.54 Å². The molecule has 0 saturated heterocycles. The number of carbonyl (C=O) groups excluding carboxylic acids is 1. The van der Waals surface area contributed by atoms with Gasteiger partial charge in [-0.3, -0.25) is 4.79 Å². The third-order valence-corrected chi connectivity index (χ3v) is 3.49. The molecule has 2 N–H and O–H groups in total. The van der Waals surface area contributed by atoms with E-state index in [9.17, 15) is 4.79 Å². The number of carbonyl (C=O) groups is 1. The molecule has 1 aliphatic carbocycles. The van der Waals surface area contributed by atoms with E-state index in [1.807, 2.05) is 0 Å². The first kappa shape index (κ1) is 12.5. The predicted molar refractivity (Wildman–Crippen MR) is 60.5 cm³/mol. The zero-order chi connectivity index (χ0) is 11.3. The molecule has 88 valence electrons. The van der Waals surface area contributed by atoms with Crippen molar-refractivity contribution in [1.29, 1.82) is 0 Å². The van der Waals surface area contributed by atoms with Crippen molar-refractivity contribution < 1.29 is 9.90 Å². The Morgan fingerprint density at radius 1 is 1.53 bits per heavy atom. The van der Waals surface area contributed by atoms with E-state index in [1.54, 1.807) is 0 Å². The Hall–Kier alpha value is -0.570. The monoisotopic (exact) mass is 213 g/mol. The van der Waals surface area contributed by atoms with E-state index in [4.69, 9.17) is 5.11 Å². The molecule has 0 bridgehead atoms. The summed E-state index contributed by atoms with van der Waals surface area (Å²) in [5, 5.41) is 12.0. The van der Waals surface area contributed by atoms with Gasteiger partial charge in [-0.05, 0) is 31.6 Å². The number of amides is 1. The molecule has 1 saturated carbocycles. The van der Waals surface area contributed by atoms with Gasteiger partial charge in [-0.25, -0.2) is 0 Å². The molecule has 0 aliphatic heterocycles. The molecule has 15 heavy (non-hydrogen) atoms. The van der Waals surface area contributed by atoms with E-state index in [-0.39, 0.29) is 12.5 Å². The highest BCUT2D eigenvalue weighted by Gasteiger charge is 2.48. The van der Waals surface area contributed by atoms with E-state index in [0.717, 1.165) is 31.7 Å². The maximum absolute atomic E-state index is 11.6. The predicted octanol–water partition coefficient (Wildman–Crippen LogP) is 1.70. The number of hydrogen-bond donors (Lipinski definition) is 2. The first-order valence-corrected chi connectivity index (χ1v) is 6.04. The third-order valence-electron chi connectivity index (χ3n) is 3.49. The van der Waals surface area contributed by atoms with Crippen LogP contribution in [0.2, 0.25) is 0 Å². The molecular formula is C12H23NO2. The maximum atomic E-state index is 11.6. The van der Waals surface area contributed by atoms with Crippen LogP contribution in [0.25, 0.3) is 0 Å². The van der Waals surface area contributed by atoms with Gasteiger partial charge in [0.25, 0.3) is 0 Å². The summed E-state index contributed by atoms with van der Waals surface area (Å²) < 4.78 is 0. The topological polar surface area (TPSA) is 49.3 Å². The SMILES string of the molecule is CCC(C)CCCNC(=O)C1(CO)CC1. The molecule has 0 radical (unpaired) electrons. The van der Waals surface area contributed by atoms with E-state index < -0.39 is 5.41 Å². The van der Waals surface area contributed by atoms with Crippen LogP contribution >= 0.6 is 0 Å². The number of rotatable bonds is 7. The minimum Gasteiger partial charge on any atom is -0.395 e. The van der Waals surface area contributed by atoms with Crippen LogP contribution in [-0.2, 0) is 4.79 Å². The van der Waals surface area contributed by atoms with Crippen LogP contribution in [-0.4, -0.2) is 24.2 Å². The molecule has 3 heteroatoms. The fourth-order valence-electron chi connectivity index (χ4n) is 1.65. The minimum atomic E-state index is -0.406. The van der Waals surface area contributed by atoms with Crippen molar-refractivity contribution in [1.82, 2.24) is 5.32 Å². The van der Waals surface area contributed by atoms with Crippen molar-refractivity contribution in [2.45, 2.75) is 46.0 Å². The van der Waals surface area contributed by atoms with Gasteiger partial charge in [0.2, 0.25) is 5.91 Å². The number of aliphatic hydroxyl groups is 1. The van der Waals surface area contributed by atoms with Crippen LogP contribution in [0.3, 0.4) is 0 Å². The van der Waals surface area contributed by atoms with Gasteiger partial charge in [-0.2, -0.15) is 0 Å². The second-order valence-electron chi connectivity index (χ2n) is 4.85. The summed E-state index contributed by atoms with van der Waals surface area (Å²) >= 11 is 0. The molecule has 1 unspecified atom stereocenters. The maximum Gasteiger partial charge on any atom is 0.228 e. The van der Waals surface area contributed by atoms with Gasteiger partial charge in [0.05, 0.1) is 12.0 Å². The van der Waals surface area contributed by atoms with Crippen molar-refractivity contribution in [2.24, 2.45) is 11.3 Å². The van der Waals surface area contributed by atoms with E-state index in [0.29, 0.717) is 0 Å². The lowest BCUT2D eigenvalue weighted by Gasteiger charge is -2.13. The molecule has 1 amide bonds. The number of aliphatic hydroxyl groups excluding tert-OH is 1. The fourth-order valence-corrected chi connectivity index (χ4v) is 1.65. The van der Waals surface area contributed by atoms with Crippen molar-refractivity contribution in [3.63, 3.8) is 0 Å². The largest absolute Gasteiger partial charge is 0.395 e. The highest BCUT2D eigenvalue weighted by atomic mass is 16.3. The van der Waals surface area contributed by atoms with Crippen molar-refractivity contribution in [3.05, 3.63) is 0 Å². The average Bonchev–Trinajstić information content (AvgIpc) is 3.04. The van der Waals surface area contributed by atoms with Crippen LogP contribution in [0.15, 0.2) is 0 Å². The molecule has 0 aromatic heterocycles. The van der Waals surface area contributed by atoms with E-state index >= 15 is 0 Å². The standard InChI is InChI=1S/C12H23NO2/c1-3-10(2)5-4-8-13-11(15)12(9-14)6-7-12/h10,14H,3-9H2,1-2H3,(H,13,15). The Balaban J connectivity index is 2.08. The van der Waals surface area contributed by atoms with Crippen molar-refractivity contribution in [3.8, 4) is 0 Å². The second kappa shape index (κ2) is 5.50. The highest BCUT2D eigenvalue weighted by Crippen LogP contribution is 2.45. The molecule has 1 aliphatic rings. The Bertz CT molecular complexity index is 212. The average molecular weight is 213 g/mol. The Morgan fingerprint density at radius 2 is 2.20 bits per heavy atom. The fraction of sp³-hybridized carbons (Fsp3) is 0.917. The first-order valence-electron chi connectivity index (χ1n) is 6.04. The van der Waals surface area contributed by atoms with E-state index in [1.165, 1.54) is 12.8 Å². The Morgan fingerprint density at radius 3 is 2.67 bits per heavy atom. The van der Waals surface area contributed by atoms with Gasteiger partial charge < -0.3 is 10.4 Å². The minimum absolute atomic E-state index is 0.00416. The van der Waals surface area contributed by atoms with Crippen molar-refractivity contribution in [2.75, 3.05) is 13.2 Å². The zero-order valence-electron chi connectivity index (χ0n) is 9.88. The van der Waals surface area contributed by atoms with Crippen molar-refractivity contribution >= 4 is 5.91 Å². The molecule has 0 heterocycles. The highest BCUT2D eigenvalue weighted by molar-refractivity contribution is 5.85. The molecule has 1 fully saturated rings. The zero-order valence-corrected chi connectivity index (χ0v) is 9.88. The van der Waals surface area contributed by atoms with Crippen LogP contribution in [0.1, 0.15) is 46.0 Å². The summed E-state index contributed by atoms with van der Waals surface area (Å²) in [5.74, 6) is 0.795. The number of nitrogens with one attached hydrogen (secondary N) is 1. The molecule has 1 rings (SSSR count). The first-order chi connectivity index (χ1) is 7.14. The molecule has 3 nitrogen and oxygen atoms in total. The lowest BCUT2D eigenvalue weighted by molar-refractivity contribution is -0.127. The van der Waals surface area contributed by atoms with Gasteiger partial charge in [0.1, 0.15) is 0 Å². The normalized spacial score (nSPS) is 19.7. The molecule has 0 aromatic carbocycles. The summed E-state index contributed by atoms with van der Waals surface area (Å²) in [7, 11) is 0. The molecule has 0 aromatic rings. The Kier molecular flexibility index (Phi) is 4.58. The quantitative estimate of drug-likeness (QED) is 0.632. The summed E-state index contributed by atoms with van der Waals surface area (Å²) in [6.45, 7) is 5.18. The lowest BCUT2D eigenvalue weighted by Crippen LogP contribution is -2.34. The number of hydrogen-bond acceptors (Lipinski definition) is 2. The van der Waals surface area contributed by atoms with Crippen LogP contribution in [0, 0.1) is 11.3 Å². The van der Waals surface area contributed by atoms with Crippen LogP contribution in [0.5, 0.6) is 0 Å². The van der Waals surface area contributed by atoms with Crippen LogP contribution < -0.4 is 5.32 Å². The third kappa shape index (κ3) is 3.49. The van der Waals surface area contributed by atoms with Gasteiger partial charge in [-0.15, -0.1) is 0 Å². The Labute approximate surface area is 92.3 Å². The smallest absolute Gasteiger partial charge is 0.228 e. The summed E-state index contributed by atoms with van der Waals surface area (Å²) in [5.41, 5.74) is -0.406. The van der Waals surface area contributed by atoms with Crippen LogP contribution in [0.4, 0.5) is 0 Å². The molecule has 0 spiro atoms. The summed E-state index contributed by atoms with van der Waals surface area (Å²) in [6, 6.07) is 0. The molecular weight excluding hydrogens is 190 g/mol.